The molecule has 1 aliphatic heterocycles. The van der Waals surface area contributed by atoms with Gasteiger partial charge in [-0.1, -0.05) is 6.07 Å². The zero-order chi connectivity index (χ0) is 24.0. The second-order valence-electron chi connectivity index (χ2n) is 7.40. The SMILES string of the molecule is CNC(=O)COc1cccc(NC(=O)c2ccc(N3CCN(C(C)=O)CC3)c([N+](=O)[O-])c2)c1. The Morgan fingerprint density at radius 3 is 2.45 bits per heavy atom. The molecule has 0 atom stereocenters. The number of hydrogen-bond donors (Lipinski definition) is 2. The van der Waals surface area contributed by atoms with Crippen molar-refractivity contribution in [2.24, 2.45) is 0 Å². The Balaban J connectivity index is 1.73. The van der Waals surface area contributed by atoms with Gasteiger partial charge >= 0.3 is 0 Å². The fourth-order valence-corrected chi connectivity index (χ4v) is 3.43. The lowest BCUT2D eigenvalue weighted by atomic mass is 10.1. The van der Waals surface area contributed by atoms with Gasteiger partial charge in [0.1, 0.15) is 11.4 Å². The standard InChI is InChI=1S/C22H25N5O6/c1-15(28)25-8-10-26(11-9-25)19-7-6-16(12-20(19)27(31)32)22(30)24-17-4-3-5-18(13-17)33-14-21(29)23-2/h3-7,12-13H,8-11,14H2,1-2H3,(H,23,29)(H,24,30). The van der Waals surface area contributed by atoms with Crippen LogP contribution in [0.25, 0.3) is 0 Å². The molecular formula is C22H25N5O6. The predicted octanol–water partition coefficient (Wildman–Crippen LogP) is 1.64. The Hall–Kier alpha value is -4.15. The van der Waals surface area contributed by atoms with Crippen molar-refractivity contribution in [2.45, 2.75) is 6.92 Å². The highest BCUT2D eigenvalue weighted by Gasteiger charge is 2.26. The Labute approximate surface area is 190 Å². The summed E-state index contributed by atoms with van der Waals surface area (Å²) in [6, 6.07) is 10.8. The number of carbonyl (C=O) groups excluding carboxylic acids is 3. The molecule has 2 N–H and O–H groups in total. The number of ether oxygens (including phenoxy) is 1. The minimum Gasteiger partial charge on any atom is -0.484 e. The number of nitrogens with one attached hydrogen (secondary N) is 2. The summed E-state index contributed by atoms with van der Waals surface area (Å²) in [6.45, 7) is 3.22. The van der Waals surface area contributed by atoms with Crippen LogP contribution in [0.15, 0.2) is 42.5 Å². The van der Waals surface area contributed by atoms with E-state index in [4.69, 9.17) is 4.74 Å². The van der Waals surface area contributed by atoms with Crippen LogP contribution in [0.2, 0.25) is 0 Å². The van der Waals surface area contributed by atoms with Crippen molar-refractivity contribution in [3.8, 4) is 5.75 Å². The molecular weight excluding hydrogens is 430 g/mol. The van der Waals surface area contributed by atoms with E-state index in [2.05, 4.69) is 10.6 Å². The van der Waals surface area contributed by atoms with Gasteiger partial charge in [0, 0.05) is 63.5 Å². The van der Waals surface area contributed by atoms with Crippen LogP contribution in [0.3, 0.4) is 0 Å². The van der Waals surface area contributed by atoms with Gasteiger partial charge in [-0.15, -0.1) is 0 Å². The number of carbonyl (C=O) groups is 3. The maximum Gasteiger partial charge on any atom is 0.293 e. The smallest absolute Gasteiger partial charge is 0.293 e. The third kappa shape index (κ3) is 5.97. The molecule has 0 bridgehead atoms. The van der Waals surface area contributed by atoms with E-state index in [0.29, 0.717) is 43.3 Å². The van der Waals surface area contributed by atoms with Gasteiger partial charge in [0.25, 0.3) is 17.5 Å². The molecule has 3 amide bonds. The van der Waals surface area contributed by atoms with Gasteiger partial charge < -0.3 is 25.2 Å². The molecule has 33 heavy (non-hydrogen) atoms. The number of rotatable bonds is 7. The number of amides is 3. The summed E-state index contributed by atoms with van der Waals surface area (Å²) >= 11 is 0. The Morgan fingerprint density at radius 2 is 1.82 bits per heavy atom. The highest BCUT2D eigenvalue weighted by atomic mass is 16.6. The molecule has 0 aromatic heterocycles. The first kappa shape index (κ1) is 23.5. The third-order valence-corrected chi connectivity index (χ3v) is 5.24. The second kappa shape index (κ2) is 10.4. The largest absolute Gasteiger partial charge is 0.484 e. The predicted molar refractivity (Wildman–Crippen MR) is 122 cm³/mol. The van der Waals surface area contributed by atoms with Crippen LogP contribution in [0.5, 0.6) is 5.75 Å². The van der Waals surface area contributed by atoms with Crippen LogP contribution in [0.4, 0.5) is 17.1 Å². The number of likely N-dealkylation sites (N-methyl/N-ethyl adjacent to an activating group) is 1. The fraction of sp³-hybridized carbons (Fsp3) is 0.318. The molecule has 11 nitrogen and oxygen atoms in total. The number of nitrogens with zero attached hydrogens (tertiary/aromatic N) is 3. The van der Waals surface area contributed by atoms with Gasteiger partial charge in [-0.05, 0) is 24.3 Å². The summed E-state index contributed by atoms with van der Waals surface area (Å²) < 4.78 is 5.36. The number of nitro groups is 1. The maximum atomic E-state index is 12.7. The van der Waals surface area contributed by atoms with Crippen molar-refractivity contribution in [1.82, 2.24) is 10.2 Å². The maximum absolute atomic E-state index is 12.7. The van der Waals surface area contributed by atoms with Crippen molar-refractivity contribution < 1.29 is 24.0 Å². The zero-order valence-corrected chi connectivity index (χ0v) is 18.4. The van der Waals surface area contributed by atoms with E-state index in [1.54, 1.807) is 35.2 Å². The summed E-state index contributed by atoms with van der Waals surface area (Å²) in [5.74, 6) is -0.448. The molecule has 1 aliphatic rings. The molecule has 11 heteroatoms. The van der Waals surface area contributed by atoms with Gasteiger partial charge in [0.05, 0.1) is 4.92 Å². The lowest BCUT2D eigenvalue weighted by Crippen LogP contribution is -2.48. The number of nitro benzene ring substituents is 1. The highest BCUT2D eigenvalue weighted by molar-refractivity contribution is 6.05. The van der Waals surface area contributed by atoms with Crippen LogP contribution in [0, 0.1) is 10.1 Å². The summed E-state index contributed by atoms with van der Waals surface area (Å²) in [6.07, 6.45) is 0. The number of hydrogen-bond acceptors (Lipinski definition) is 7. The Morgan fingerprint density at radius 1 is 1.09 bits per heavy atom. The minimum atomic E-state index is -0.519. The summed E-state index contributed by atoms with van der Waals surface area (Å²) in [7, 11) is 1.50. The third-order valence-electron chi connectivity index (χ3n) is 5.24. The van der Waals surface area contributed by atoms with Gasteiger partial charge in [-0.3, -0.25) is 24.5 Å². The van der Waals surface area contributed by atoms with E-state index in [1.165, 1.54) is 26.1 Å². The Kier molecular flexibility index (Phi) is 7.44. The summed E-state index contributed by atoms with van der Waals surface area (Å²) in [4.78, 5) is 50.3. The lowest BCUT2D eigenvalue weighted by Gasteiger charge is -2.35. The van der Waals surface area contributed by atoms with E-state index < -0.39 is 10.8 Å². The van der Waals surface area contributed by atoms with E-state index in [1.807, 2.05) is 4.90 Å². The van der Waals surface area contributed by atoms with E-state index in [-0.39, 0.29) is 29.7 Å². The quantitative estimate of drug-likeness (QED) is 0.479. The fourth-order valence-electron chi connectivity index (χ4n) is 3.43. The van der Waals surface area contributed by atoms with Gasteiger partial charge in [-0.2, -0.15) is 0 Å². The average Bonchev–Trinajstić information content (AvgIpc) is 2.82. The normalized spacial score (nSPS) is 13.3. The second-order valence-corrected chi connectivity index (χ2v) is 7.40. The molecule has 0 unspecified atom stereocenters. The topological polar surface area (TPSA) is 134 Å². The van der Waals surface area contributed by atoms with Crippen molar-refractivity contribution in [3.05, 3.63) is 58.1 Å². The van der Waals surface area contributed by atoms with E-state index in [9.17, 15) is 24.5 Å². The molecule has 0 aliphatic carbocycles. The summed E-state index contributed by atoms with van der Waals surface area (Å²) in [5.41, 5.74) is 0.775. The number of piperazine rings is 1. The van der Waals surface area contributed by atoms with Crippen LogP contribution in [0.1, 0.15) is 17.3 Å². The van der Waals surface area contributed by atoms with Crippen LogP contribution in [-0.4, -0.2) is 67.4 Å². The number of benzene rings is 2. The first-order valence-corrected chi connectivity index (χ1v) is 10.3. The van der Waals surface area contributed by atoms with Crippen LogP contribution >= 0.6 is 0 Å². The Bertz CT molecular complexity index is 1060. The van der Waals surface area contributed by atoms with E-state index >= 15 is 0 Å². The first-order chi connectivity index (χ1) is 15.8. The molecule has 2 aromatic rings. The zero-order valence-electron chi connectivity index (χ0n) is 18.4. The molecule has 0 saturated carbocycles. The van der Waals surface area contributed by atoms with Crippen molar-refractivity contribution in [1.29, 1.82) is 0 Å². The molecule has 1 saturated heterocycles. The molecule has 1 fully saturated rings. The summed E-state index contributed by atoms with van der Waals surface area (Å²) in [5, 5.41) is 16.8. The lowest BCUT2D eigenvalue weighted by molar-refractivity contribution is -0.384. The first-order valence-electron chi connectivity index (χ1n) is 10.3. The molecule has 2 aromatic carbocycles. The van der Waals surface area contributed by atoms with Gasteiger partial charge in [0.15, 0.2) is 6.61 Å². The van der Waals surface area contributed by atoms with Crippen LogP contribution < -0.4 is 20.3 Å². The molecule has 1 heterocycles. The van der Waals surface area contributed by atoms with Gasteiger partial charge in [0.2, 0.25) is 5.91 Å². The highest BCUT2D eigenvalue weighted by Crippen LogP contribution is 2.30. The number of anilines is 2. The van der Waals surface area contributed by atoms with E-state index in [0.717, 1.165) is 0 Å². The van der Waals surface area contributed by atoms with Crippen molar-refractivity contribution in [3.63, 3.8) is 0 Å². The van der Waals surface area contributed by atoms with Crippen molar-refractivity contribution >= 4 is 34.8 Å². The molecule has 3 rings (SSSR count). The minimum absolute atomic E-state index is 0.0285. The molecule has 174 valence electrons. The van der Waals surface area contributed by atoms with Crippen LogP contribution in [-0.2, 0) is 9.59 Å². The monoisotopic (exact) mass is 455 g/mol. The molecule has 0 radical (unpaired) electrons. The molecule has 0 spiro atoms. The van der Waals surface area contributed by atoms with Gasteiger partial charge in [-0.25, -0.2) is 0 Å². The average molecular weight is 455 g/mol. The van der Waals surface area contributed by atoms with Crippen molar-refractivity contribution in [2.75, 3.05) is 50.1 Å².